The molecule has 0 unspecified atom stereocenters. The predicted octanol–water partition coefficient (Wildman–Crippen LogP) is 4.09. The number of nitrogens with one attached hydrogen (secondary N) is 1. The summed E-state index contributed by atoms with van der Waals surface area (Å²) in [5.41, 5.74) is 3.68. The molecule has 5 nitrogen and oxygen atoms in total. The Morgan fingerprint density at radius 1 is 0.966 bits per heavy atom. The Balaban J connectivity index is 1.58. The zero-order valence-electron chi connectivity index (χ0n) is 18.3. The highest BCUT2D eigenvalue weighted by Gasteiger charge is 2.14. The second-order valence-corrected chi connectivity index (χ2v) is 8.32. The quantitative estimate of drug-likeness (QED) is 0.690. The minimum absolute atomic E-state index is 0.476. The number of methoxy groups -OCH3 is 1. The molecular formula is C24H35N3O2. The van der Waals surface area contributed by atoms with Gasteiger partial charge in [-0.3, -0.25) is 4.90 Å². The van der Waals surface area contributed by atoms with Crippen molar-refractivity contribution in [1.29, 1.82) is 0 Å². The van der Waals surface area contributed by atoms with Crippen LogP contribution in [0.15, 0.2) is 42.5 Å². The molecule has 2 aromatic carbocycles. The van der Waals surface area contributed by atoms with E-state index in [-0.39, 0.29) is 0 Å². The first-order valence-electron chi connectivity index (χ1n) is 10.6. The van der Waals surface area contributed by atoms with Crippen molar-refractivity contribution in [3.63, 3.8) is 0 Å². The zero-order valence-corrected chi connectivity index (χ0v) is 18.3. The monoisotopic (exact) mass is 397 g/mol. The van der Waals surface area contributed by atoms with Crippen molar-refractivity contribution in [3.05, 3.63) is 53.6 Å². The molecule has 0 atom stereocenters. The molecule has 0 aliphatic carbocycles. The van der Waals surface area contributed by atoms with Crippen LogP contribution >= 0.6 is 0 Å². The highest BCUT2D eigenvalue weighted by atomic mass is 16.5. The smallest absolute Gasteiger partial charge is 0.161 e. The fourth-order valence-electron chi connectivity index (χ4n) is 3.45. The maximum Gasteiger partial charge on any atom is 0.161 e. The molecule has 5 heteroatoms. The van der Waals surface area contributed by atoms with Gasteiger partial charge in [-0.25, -0.2) is 0 Å². The van der Waals surface area contributed by atoms with Crippen molar-refractivity contribution in [3.8, 4) is 11.5 Å². The molecule has 3 rings (SSSR count). The van der Waals surface area contributed by atoms with E-state index in [1.165, 1.54) is 11.1 Å². The summed E-state index contributed by atoms with van der Waals surface area (Å²) in [6, 6.07) is 14.9. The van der Waals surface area contributed by atoms with E-state index in [4.69, 9.17) is 9.47 Å². The Morgan fingerprint density at radius 3 is 2.48 bits per heavy atom. The molecule has 0 aromatic heterocycles. The predicted molar refractivity (Wildman–Crippen MR) is 120 cm³/mol. The third-order valence-electron chi connectivity index (χ3n) is 5.23. The van der Waals surface area contributed by atoms with Gasteiger partial charge in [-0.05, 0) is 48.4 Å². The van der Waals surface area contributed by atoms with Crippen LogP contribution in [0.4, 0.5) is 5.69 Å². The lowest BCUT2D eigenvalue weighted by atomic mass is 10.1. The van der Waals surface area contributed by atoms with Gasteiger partial charge in [0.15, 0.2) is 11.5 Å². The molecule has 1 heterocycles. The highest BCUT2D eigenvalue weighted by molar-refractivity contribution is 5.48. The van der Waals surface area contributed by atoms with E-state index < -0.39 is 0 Å². The van der Waals surface area contributed by atoms with Gasteiger partial charge in [0, 0.05) is 45.0 Å². The van der Waals surface area contributed by atoms with Crippen LogP contribution in [-0.4, -0.2) is 56.7 Å². The van der Waals surface area contributed by atoms with Gasteiger partial charge < -0.3 is 19.7 Å². The lowest BCUT2D eigenvalue weighted by molar-refractivity contribution is 0.148. The van der Waals surface area contributed by atoms with Crippen molar-refractivity contribution < 1.29 is 9.47 Å². The molecule has 2 aromatic rings. The minimum Gasteiger partial charge on any atom is -0.493 e. The Kier molecular flexibility index (Phi) is 7.78. The summed E-state index contributed by atoms with van der Waals surface area (Å²) in [7, 11) is 3.88. The number of anilines is 1. The molecule has 1 aliphatic rings. The van der Waals surface area contributed by atoms with Gasteiger partial charge in [-0.2, -0.15) is 0 Å². The number of rotatable bonds is 9. The van der Waals surface area contributed by atoms with Crippen molar-refractivity contribution in [2.75, 3.05) is 52.3 Å². The van der Waals surface area contributed by atoms with E-state index in [1.54, 1.807) is 7.11 Å². The van der Waals surface area contributed by atoms with Crippen molar-refractivity contribution in [2.45, 2.75) is 26.9 Å². The van der Waals surface area contributed by atoms with Gasteiger partial charge in [0.05, 0.1) is 13.7 Å². The van der Waals surface area contributed by atoms with Gasteiger partial charge in [-0.1, -0.05) is 32.0 Å². The van der Waals surface area contributed by atoms with Gasteiger partial charge >= 0.3 is 0 Å². The highest BCUT2D eigenvalue weighted by Crippen LogP contribution is 2.29. The number of benzene rings is 2. The number of likely N-dealkylation sites (N-methyl/N-ethyl adjacent to an activating group) is 1. The third kappa shape index (κ3) is 6.65. The summed E-state index contributed by atoms with van der Waals surface area (Å²) in [5, 5.41) is 3.55. The van der Waals surface area contributed by atoms with Crippen LogP contribution in [0.5, 0.6) is 11.5 Å². The molecule has 1 fully saturated rings. The first kappa shape index (κ1) is 21.5. The molecule has 29 heavy (non-hydrogen) atoms. The number of ether oxygens (including phenoxy) is 2. The Bertz CT molecular complexity index is 770. The molecule has 1 N–H and O–H groups in total. The van der Waals surface area contributed by atoms with Gasteiger partial charge in [0.25, 0.3) is 0 Å². The number of hydrogen-bond acceptors (Lipinski definition) is 5. The maximum absolute atomic E-state index is 5.93. The molecular weight excluding hydrogens is 362 g/mol. The number of piperazine rings is 1. The maximum atomic E-state index is 5.93. The van der Waals surface area contributed by atoms with E-state index in [0.29, 0.717) is 12.5 Å². The van der Waals surface area contributed by atoms with Crippen LogP contribution in [0.25, 0.3) is 0 Å². The SMILES string of the molecule is COc1ccc(CNc2cccc(CN3CCN(C)CC3)c2)cc1OCC(C)C. The number of hydrogen-bond donors (Lipinski definition) is 1. The van der Waals surface area contributed by atoms with E-state index in [1.807, 2.05) is 6.07 Å². The minimum atomic E-state index is 0.476. The number of nitrogens with zero attached hydrogens (tertiary/aromatic N) is 2. The first-order chi connectivity index (χ1) is 14.0. The second-order valence-electron chi connectivity index (χ2n) is 8.32. The largest absolute Gasteiger partial charge is 0.493 e. The molecule has 0 spiro atoms. The zero-order chi connectivity index (χ0) is 20.6. The van der Waals surface area contributed by atoms with E-state index in [2.05, 4.69) is 72.4 Å². The van der Waals surface area contributed by atoms with Crippen LogP contribution in [0.1, 0.15) is 25.0 Å². The second kappa shape index (κ2) is 10.5. The lowest BCUT2D eigenvalue weighted by Crippen LogP contribution is -2.43. The summed E-state index contributed by atoms with van der Waals surface area (Å²) < 4.78 is 11.4. The van der Waals surface area contributed by atoms with Crippen molar-refractivity contribution in [1.82, 2.24) is 9.80 Å². The van der Waals surface area contributed by atoms with Gasteiger partial charge in [0.2, 0.25) is 0 Å². The van der Waals surface area contributed by atoms with Gasteiger partial charge in [-0.15, -0.1) is 0 Å². The molecule has 1 aliphatic heterocycles. The standard InChI is InChI=1S/C24H35N3O2/c1-19(2)18-29-24-15-20(8-9-23(24)28-4)16-25-22-7-5-6-21(14-22)17-27-12-10-26(3)11-13-27/h5-9,14-15,19,25H,10-13,16-18H2,1-4H3. The average Bonchev–Trinajstić information content (AvgIpc) is 2.73. The van der Waals surface area contributed by atoms with Crippen LogP contribution < -0.4 is 14.8 Å². The van der Waals surface area contributed by atoms with Crippen LogP contribution in [0, 0.1) is 5.92 Å². The molecule has 0 bridgehead atoms. The van der Waals surface area contributed by atoms with Crippen molar-refractivity contribution >= 4 is 5.69 Å². The fraction of sp³-hybridized carbons (Fsp3) is 0.500. The van der Waals surface area contributed by atoms with Crippen LogP contribution in [-0.2, 0) is 13.1 Å². The molecule has 0 amide bonds. The van der Waals surface area contributed by atoms with E-state index >= 15 is 0 Å². The van der Waals surface area contributed by atoms with Crippen LogP contribution in [0.2, 0.25) is 0 Å². The molecule has 0 radical (unpaired) electrons. The molecule has 158 valence electrons. The van der Waals surface area contributed by atoms with Gasteiger partial charge in [0.1, 0.15) is 0 Å². The Morgan fingerprint density at radius 2 is 1.76 bits per heavy atom. The van der Waals surface area contributed by atoms with Crippen molar-refractivity contribution in [2.24, 2.45) is 5.92 Å². The average molecular weight is 398 g/mol. The first-order valence-corrected chi connectivity index (χ1v) is 10.6. The molecule has 1 saturated heterocycles. The fourth-order valence-corrected chi connectivity index (χ4v) is 3.45. The van der Waals surface area contributed by atoms with Crippen LogP contribution in [0.3, 0.4) is 0 Å². The Labute approximate surface area is 175 Å². The molecule has 0 saturated carbocycles. The summed E-state index contributed by atoms with van der Waals surface area (Å²) in [6.07, 6.45) is 0. The summed E-state index contributed by atoms with van der Waals surface area (Å²) >= 11 is 0. The normalized spacial score (nSPS) is 15.5. The summed E-state index contributed by atoms with van der Waals surface area (Å²) in [5.74, 6) is 2.07. The summed E-state index contributed by atoms with van der Waals surface area (Å²) in [6.45, 7) is 11.3. The van der Waals surface area contributed by atoms with E-state index in [9.17, 15) is 0 Å². The summed E-state index contributed by atoms with van der Waals surface area (Å²) in [4.78, 5) is 4.92. The topological polar surface area (TPSA) is 37.0 Å². The third-order valence-corrected chi connectivity index (χ3v) is 5.23. The van der Waals surface area contributed by atoms with E-state index in [0.717, 1.165) is 56.5 Å². The Hall–Kier alpha value is -2.24. The lowest BCUT2D eigenvalue weighted by Gasteiger charge is -2.32.